The lowest BCUT2D eigenvalue weighted by atomic mass is 9.72. The number of nitro benzene ring substituents is 1. The van der Waals surface area contributed by atoms with Crippen molar-refractivity contribution in [1.29, 1.82) is 0 Å². The first-order valence-corrected chi connectivity index (χ1v) is 23.8. The number of aromatic nitrogens is 2. The number of ether oxygens (including phenoxy) is 3. The zero-order valence-corrected chi connectivity index (χ0v) is 40.0. The number of alkyl halides is 1. The molecule has 5 aromatic rings. The molecule has 2 aromatic heterocycles. The van der Waals surface area contributed by atoms with Gasteiger partial charge in [-0.15, -0.1) is 0 Å². The predicted octanol–water partition coefficient (Wildman–Crippen LogP) is 12.2. The summed E-state index contributed by atoms with van der Waals surface area (Å²) < 4.78 is 36.2. The van der Waals surface area contributed by atoms with Crippen LogP contribution in [-0.4, -0.2) is 87.3 Å². The van der Waals surface area contributed by atoms with Gasteiger partial charge in [-0.05, 0) is 135 Å². The van der Waals surface area contributed by atoms with E-state index in [0.29, 0.717) is 22.0 Å². The molecule has 0 spiro atoms. The molecule has 2 aliphatic heterocycles. The molecule has 0 unspecified atom stereocenters. The van der Waals surface area contributed by atoms with E-state index in [-0.39, 0.29) is 48.3 Å². The molecule has 3 aliphatic rings. The molecule has 0 atom stereocenters. The van der Waals surface area contributed by atoms with Crippen LogP contribution in [0.5, 0.6) is 17.2 Å². The van der Waals surface area contributed by atoms with Crippen LogP contribution in [0, 0.1) is 15.5 Å². The molecule has 0 radical (unpaired) electrons. The number of aromatic amines is 1. The molecule has 2 N–H and O–H groups in total. The normalized spacial score (nSPS) is 17.5. The largest absolute Gasteiger partial charge is 0.483 e. The number of likely N-dealkylation sites (tertiary alicyclic amines) is 1. The van der Waals surface area contributed by atoms with Crippen LogP contribution in [0.15, 0.2) is 102 Å². The monoisotopic (exact) mass is 950 g/mol. The Morgan fingerprint density at radius 3 is 2.45 bits per heavy atom. The SMILES string of the molecule is CC1(C)CCC(CN2CC=C(c3ccc(C(=O)NSc4ccc(OCC5(F)CCN(C(=O)OC(C)(C)C)CC5)c([N+](=O)[O-])c4)c(Oc4cnc5[nH]ccc5c4)c3)CC2)=C(c2ccc(Cl)cc2)C1. The van der Waals surface area contributed by atoms with Gasteiger partial charge in [0, 0.05) is 73.1 Å². The predicted molar refractivity (Wildman–Crippen MR) is 260 cm³/mol. The molecule has 352 valence electrons. The van der Waals surface area contributed by atoms with Crippen LogP contribution in [0.4, 0.5) is 14.9 Å². The van der Waals surface area contributed by atoms with Crippen LogP contribution < -0.4 is 14.2 Å². The molecule has 8 rings (SSSR count). The number of carbonyl (C=O) groups excluding carboxylic acids is 2. The summed E-state index contributed by atoms with van der Waals surface area (Å²) in [5.41, 5.74) is 4.57. The second-order valence-electron chi connectivity index (χ2n) is 19.4. The number of rotatable bonds is 13. The molecule has 1 aliphatic carbocycles. The van der Waals surface area contributed by atoms with Gasteiger partial charge in [0.05, 0.1) is 16.7 Å². The van der Waals surface area contributed by atoms with Crippen molar-refractivity contribution in [1.82, 2.24) is 24.5 Å². The van der Waals surface area contributed by atoms with E-state index in [9.17, 15) is 19.7 Å². The maximum atomic E-state index is 15.8. The number of nitro groups is 1. The summed E-state index contributed by atoms with van der Waals surface area (Å²) in [6, 6.07) is 21.7. The van der Waals surface area contributed by atoms with Crippen LogP contribution in [0.25, 0.3) is 22.2 Å². The zero-order valence-electron chi connectivity index (χ0n) is 38.5. The molecule has 67 heavy (non-hydrogen) atoms. The van der Waals surface area contributed by atoms with Gasteiger partial charge < -0.3 is 24.1 Å². The Bertz CT molecular complexity index is 2720. The van der Waals surface area contributed by atoms with Gasteiger partial charge in [-0.3, -0.25) is 24.5 Å². The first-order chi connectivity index (χ1) is 31.9. The van der Waals surface area contributed by atoms with E-state index >= 15 is 4.39 Å². The molecule has 13 nitrogen and oxygen atoms in total. The fourth-order valence-corrected chi connectivity index (χ4v) is 9.45. The molecular weight excluding hydrogens is 895 g/mol. The first-order valence-electron chi connectivity index (χ1n) is 22.6. The molecule has 0 bridgehead atoms. The highest BCUT2D eigenvalue weighted by Crippen LogP contribution is 2.44. The summed E-state index contributed by atoms with van der Waals surface area (Å²) >= 11 is 7.15. The van der Waals surface area contributed by atoms with Gasteiger partial charge in [0.25, 0.3) is 5.91 Å². The summed E-state index contributed by atoms with van der Waals surface area (Å²) in [5, 5.41) is 13.8. The number of halogens is 2. The van der Waals surface area contributed by atoms with Gasteiger partial charge in [0.15, 0.2) is 5.75 Å². The van der Waals surface area contributed by atoms with Gasteiger partial charge in [0.2, 0.25) is 0 Å². The van der Waals surface area contributed by atoms with Crippen molar-refractivity contribution in [3.63, 3.8) is 0 Å². The molecule has 1 fully saturated rings. The summed E-state index contributed by atoms with van der Waals surface area (Å²) in [4.78, 5) is 49.8. The number of nitrogens with one attached hydrogen (secondary N) is 2. The fourth-order valence-electron chi connectivity index (χ4n) is 8.70. The highest BCUT2D eigenvalue weighted by atomic mass is 35.5. The number of hydrogen-bond donors (Lipinski definition) is 2. The number of piperidine rings is 1. The topological polar surface area (TPSA) is 152 Å². The van der Waals surface area contributed by atoms with E-state index in [2.05, 4.69) is 51.6 Å². The van der Waals surface area contributed by atoms with E-state index in [1.165, 1.54) is 33.7 Å². The first kappa shape index (κ1) is 47.6. The van der Waals surface area contributed by atoms with Crippen LogP contribution in [0.2, 0.25) is 5.02 Å². The summed E-state index contributed by atoms with van der Waals surface area (Å²) in [6.45, 7) is 12.3. The van der Waals surface area contributed by atoms with Gasteiger partial charge in [-0.25, -0.2) is 14.2 Å². The number of fused-ring (bicyclic) bond motifs is 1. The number of amides is 2. The lowest BCUT2D eigenvalue weighted by Crippen LogP contribution is -2.48. The zero-order chi connectivity index (χ0) is 47.5. The minimum Gasteiger partial charge on any atom is -0.483 e. The Labute approximate surface area is 399 Å². The molecule has 16 heteroatoms. The molecule has 1 saturated heterocycles. The van der Waals surface area contributed by atoms with Crippen molar-refractivity contribution < 1.29 is 33.1 Å². The quantitative estimate of drug-likeness (QED) is 0.0663. The van der Waals surface area contributed by atoms with E-state index in [0.717, 1.165) is 78.8 Å². The van der Waals surface area contributed by atoms with Crippen molar-refractivity contribution in [3.05, 3.63) is 129 Å². The van der Waals surface area contributed by atoms with Crippen molar-refractivity contribution in [3.8, 4) is 17.2 Å². The highest BCUT2D eigenvalue weighted by molar-refractivity contribution is 7.98. The average molecular weight is 952 g/mol. The van der Waals surface area contributed by atoms with Crippen molar-refractivity contribution in [2.45, 2.75) is 89.3 Å². The van der Waals surface area contributed by atoms with Gasteiger partial charge in [-0.2, -0.15) is 0 Å². The minimum absolute atomic E-state index is 0.00924. The van der Waals surface area contributed by atoms with Crippen molar-refractivity contribution in [2.75, 3.05) is 39.3 Å². The standard InChI is InChI=1S/C51H56ClFN6O7S/c1-49(2,3)66-48(61)58-24-19-51(53,20-25-58)32-64-44-13-11-40(28-43(44)59(62)63)67-56-47(60)41-12-8-35(27-45(41)65-39-26-36-15-21-54-46(36)55-30-39)33-16-22-57(23-17-33)31-37-14-18-50(4,5)29-42(37)34-6-9-38(52)10-7-34/h6-13,15-16,21,26-28,30H,14,17-20,22-25,29,31-32H2,1-5H3,(H,54,55)(H,56,60). The number of allylic oxidation sites excluding steroid dienone is 1. The number of benzene rings is 3. The van der Waals surface area contributed by atoms with E-state index in [1.54, 1.807) is 45.3 Å². The number of carbonyl (C=O) groups is 2. The Morgan fingerprint density at radius 1 is 0.970 bits per heavy atom. The second-order valence-corrected chi connectivity index (χ2v) is 20.7. The fraction of sp³-hybridized carbons (Fsp3) is 0.392. The number of H-pyrrole nitrogens is 1. The van der Waals surface area contributed by atoms with Crippen LogP contribution in [-0.2, 0) is 4.74 Å². The molecule has 0 saturated carbocycles. The van der Waals surface area contributed by atoms with Gasteiger partial charge in [-0.1, -0.05) is 55.3 Å². The molecule has 3 aromatic carbocycles. The lowest BCUT2D eigenvalue weighted by molar-refractivity contribution is -0.386. The van der Waals surface area contributed by atoms with Gasteiger partial charge >= 0.3 is 11.8 Å². The average Bonchev–Trinajstić information content (AvgIpc) is 3.76. The highest BCUT2D eigenvalue weighted by Gasteiger charge is 2.39. The maximum Gasteiger partial charge on any atom is 0.410 e. The van der Waals surface area contributed by atoms with E-state index in [4.69, 9.17) is 25.8 Å². The third-order valence-electron chi connectivity index (χ3n) is 12.5. The molecule has 4 heterocycles. The Hall–Kier alpha value is -5.90. The smallest absolute Gasteiger partial charge is 0.410 e. The van der Waals surface area contributed by atoms with E-state index < -0.39 is 34.8 Å². The Balaban J connectivity index is 0.951. The third-order valence-corrected chi connectivity index (χ3v) is 13.5. The third kappa shape index (κ3) is 12.0. The summed E-state index contributed by atoms with van der Waals surface area (Å²) in [5.74, 6) is 0.186. The molecular formula is C51H56ClFN6O7S. The number of pyridine rings is 1. The van der Waals surface area contributed by atoms with Crippen LogP contribution in [0.1, 0.15) is 94.6 Å². The number of nitrogens with zero attached hydrogens (tertiary/aromatic N) is 4. The summed E-state index contributed by atoms with van der Waals surface area (Å²) in [6.07, 6.45) is 9.15. The maximum absolute atomic E-state index is 15.8. The Morgan fingerprint density at radius 2 is 1.73 bits per heavy atom. The van der Waals surface area contributed by atoms with Gasteiger partial charge in [0.1, 0.15) is 35.0 Å². The van der Waals surface area contributed by atoms with Crippen LogP contribution >= 0.6 is 23.5 Å². The van der Waals surface area contributed by atoms with Crippen molar-refractivity contribution in [2.24, 2.45) is 5.41 Å². The van der Waals surface area contributed by atoms with Crippen LogP contribution in [0.3, 0.4) is 0 Å². The van der Waals surface area contributed by atoms with Crippen molar-refractivity contribution >= 4 is 63.4 Å². The Kier molecular flexibility index (Phi) is 14.0. The molecule has 2 amide bonds. The lowest BCUT2D eigenvalue weighted by Gasteiger charge is -2.36. The minimum atomic E-state index is -1.80. The summed E-state index contributed by atoms with van der Waals surface area (Å²) in [7, 11) is 0. The van der Waals surface area contributed by atoms with E-state index in [1.807, 2.05) is 36.4 Å². The second kappa shape index (κ2) is 19.7. The number of hydrogen-bond acceptors (Lipinski definition) is 10.